The van der Waals surface area contributed by atoms with Crippen molar-refractivity contribution >= 4 is 22.8 Å². The van der Waals surface area contributed by atoms with Gasteiger partial charge < -0.3 is 15.6 Å². The number of aromatic nitrogens is 3. The van der Waals surface area contributed by atoms with Gasteiger partial charge in [-0.3, -0.25) is 4.79 Å². The zero-order chi connectivity index (χ0) is 18.7. The summed E-state index contributed by atoms with van der Waals surface area (Å²) in [6.07, 6.45) is -1.02. The number of fused-ring (bicyclic) bond motifs is 1. The average Bonchev–Trinajstić information content (AvgIpc) is 3.07. The van der Waals surface area contributed by atoms with Gasteiger partial charge in [0.2, 0.25) is 5.91 Å². The van der Waals surface area contributed by atoms with Crippen molar-refractivity contribution in [1.29, 1.82) is 0 Å². The number of alkyl halides is 3. The van der Waals surface area contributed by atoms with Gasteiger partial charge in [0.15, 0.2) is 0 Å². The van der Waals surface area contributed by atoms with Crippen LogP contribution >= 0.6 is 0 Å². The molecule has 3 heterocycles. The molecule has 0 aliphatic rings. The molecule has 3 aromatic heterocycles. The summed E-state index contributed by atoms with van der Waals surface area (Å²) in [5.41, 5.74) is 2.24. The molecule has 1 amide bonds. The summed E-state index contributed by atoms with van der Waals surface area (Å²) in [5, 5.41) is 5.56. The van der Waals surface area contributed by atoms with E-state index in [-0.39, 0.29) is 0 Å². The molecule has 3 N–H and O–H groups in total. The Balaban J connectivity index is 1.75. The summed E-state index contributed by atoms with van der Waals surface area (Å²) >= 11 is 0. The Morgan fingerprint density at radius 3 is 2.85 bits per heavy atom. The SMILES string of the molecule is C[C@H](Nc1cccc(-c2ccnc3[nH]ccc23)n1)C(=O)NCC(F)(F)F. The molecule has 26 heavy (non-hydrogen) atoms. The van der Waals surface area contributed by atoms with Crippen LogP contribution in [-0.2, 0) is 4.79 Å². The molecule has 0 unspecified atom stereocenters. The second-order valence-corrected chi connectivity index (χ2v) is 5.71. The number of pyridine rings is 2. The van der Waals surface area contributed by atoms with E-state index in [9.17, 15) is 18.0 Å². The highest BCUT2D eigenvalue weighted by molar-refractivity contribution is 5.92. The van der Waals surface area contributed by atoms with Crippen LogP contribution in [0.15, 0.2) is 42.7 Å². The molecular weight excluding hydrogens is 347 g/mol. The summed E-state index contributed by atoms with van der Waals surface area (Å²) in [5.74, 6) is -0.371. The van der Waals surface area contributed by atoms with Gasteiger partial charge in [-0.2, -0.15) is 13.2 Å². The van der Waals surface area contributed by atoms with E-state index < -0.39 is 24.7 Å². The number of hydrogen-bond donors (Lipinski definition) is 3. The van der Waals surface area contributed by atoms with Crippen molar-refractivity contribution in [2.45, 2.75) is 19.1 Å². The highest BCUT2D eigenvalue weighted by atomic mass is 19.4. The zero-order valence-corrected chi connectivity index (χ0v) is 13.8. The molecule has 136 valence electrons. The first kappa shape index (κ1) is 17.7. The second-order valence-electron chi connectivity index (χ2n) is 5.71. The first-order chi connectivity index (χ1) is 12.3. The van der Waals surface area contributed by atoms with Gasteiger partial charge >= 0.3 is 6.18 Å². The number of nitrogens with zero attached hydrogens (tertiary/aromatic N) is 2. The number of nitrogens with one attached hydrogen (secondary N) is 3. The molecule has 6 nitrogen and oxygen atoms in total. The van der Waals surface area contributed by atoms with Crippen LogP contribution in [0.4, 0.5) is 19.0 Å². The molecular formula is C17H16F3N5O. The van der Waals surface area contributed by atoms with E-state index in [2.05, 4.69) is 20.3 Å². The van der Waals surface area contributed by atoms with Crippen LogP contribution in [-0.4, -0.2) is 39.6 Å². The lowest BCUT2D eigenvalue weighted by Crippen LogP contribution is -2.42. The molecule has 3 aromatic rings. The normalized spacial score (nSPS) is 12.8. The second kappa shape index (κ2) is 7.03. The maximum atomic E-state index is 12.2. The Labute approximate surface area is 146 Å². The Hall–Kier alpha value is -3.10. The van der Waals surface area contributed by atoms with Gasteiger partial charge in [0.05, 0.1) is 5.69 Å². The van der Waals surface area contributed by atoms with Crippen molar-refractivity contribution < 1.29 is 18.0 Å². The predicted molar refractivity (Wildman–Crippen MR) is 91.5 cm³/mol. The maximum absolute atomic E-state index is 12.2. The molecule has 0 saturated carbocycles. The monoisotopic (exact) mass is 363 g/mol. The highest BCUT2D eigenvalue weighted by Gasteiger charge is 2.28. The fourth-order valence-electron chi connectivity index (χ4n) is 2.48. The Morgan fingerprint density at radius 2 is 2.08 bits per heavy atom. The van der Waals surface area contributed by atoms with Crippen LogP contribution in [0.1, 0.15) is 6.92 Å². The van der Waals surface area contributed by atoms with Gasteiger partial charge in [-0.25, -0.2) is 9.97 Å². The lowest BCUT2D eigenvalue weighted by molar-refractivity contribution is -0.138. The number of carbonyl (C=O) groups is 1. The van der Waals surface area contributed by atoms with Gasteiger partial charge in [-0.1, -0.05) is 6.07 Å². The molecule has 0 aliphatic heterocycles. The number of hydrogen-bond acceptors (Lipinski definition) is 4. The first-order valence-electron chi connectivity index (χ1n) is 7.84. The van der Waals surface area contributed by atoms with E-state index >= 15 is 0 Å². The lowest BCUT2D eigenvalue weighted by atomic mass is 10.1. The minimum atomic E-state index is -4.45. The molecule has 0 radical (unpaired) electrons. The average molecular weight is 363 g/mol. The molecule has 0 aromatic carbocycles. The summed E-state index contributed by atoms with van der Waals surface area (Å²) in [6.45, 7) is 0.102. The number of aromatic amines is 1. The van der Waals surface area contributed by atoms with Gasteiger partial charge in [0.25, 0.3) is 0 Å². The van der Waals surface area contributed by atoms with Crippen molar-refractivity contribution in [2.75, 3.05) is 11.9 Å². The van der Waals surface area contributed by atoms with Crippen LogP contribution in [0.3, 0.4) is 0 Å². The van der Waals surface area contributed by atoms with Crippen LogP contribution in [0.25, 0.3) is 22.3 Å². The highest BCUT2D eigenvalue weighted by Crippen LogP contribution is 2.26. The predicted octanol–water partition coefficient (Wildman–Crippen LogP) is 3.10. The van der Waals surface area contributed by atoms with Crippen molar-refractivity contribution in [3.8, 4) is 11.3 Å². The van der Waals surface area contributed by atoms with Crippen molar-refractivity contribution in [1.82, 2.24) is 20.3 Å². The molecule has 0 bridgehead atoms. The number of amides is 1. The van der Waals surface area contributed by atoms with Crippen LogP contribution in [0.5, 0.6) is 0 Å². The van der Waals surface area contributed by atoms with Crippen LogP contribution in [0, 0.1) is 0 Å². The summed E-state index contributed by atoms with van der Waals surface area (Å²) in [7, 11) is 0. The number of anilines is 1. The third-order valence-corrected chi connectivity index (χ3v) is 3.71. The van der Waals surface area contributed by atoms with Gasteiger partial charge in [0, 0.05) is 23.3 Å². The topological polar surface area (TPSA) is 82.7 Å². The quantitative estimate of drug-likeness (QED) is 0.651. The van der Waals surface area contributed by atoms with Crippen molar-refractivity contribution in [3.63, 3.8) is 0 Å². The van der Waals surface area contributed by atoms with E-state index in [1.165, 1.54) is 6.92 Å². The van der Waals surface area contributed by atoms with E-state index in [4.69, 9.17) is 0 Å². The van der Waals surface area contributed by atoms with Gasteiger partial charge in [-0.15, -0.1) is 0 Å². The molecule has 9 heteroatoms. The van der Waals surface area contributed by atoms with E-state index in [0.29, 0.717) is 11.5 Å². The largest absolute Gasteiger partial charge is 0.405 e. The van der Waals surface area contributed by atoms with Crippen molar-refractivity contribution in [2.24, 2.45) is 0 Å². The number of rotatable bonds is 5. The number of carbonyl (C=O) groups excluding carboxylic acids is 1. The Bertz CT molecular complexity index is 922. The van der Waals surface area contributed by atoms with Gasteiger partial charge in [0.1, 0.15) is 24.1 Å². The molecule has 1 atom stereocenters. The van der Waals surface area contributed by atoms with E-state index in [1.54, 1.807) is 30.6 Å². The number of H-pyrrole nitrogens is 1. The molecule has 0 spiro atoms. The molecule has 0 saturated heterocycles. The fraction of sp³-hybridized carbons (Fsp3) is 0.235. The van der Waals surface area contributed by atoms with Gasteiger partial charge in [-0.05, 0) is 31.2 Å². The van der Waals surface area contributed by atoms with E-state index in [1.807, 2.05) is 17.4 Å². The minimum absolute atomic E-state index is 0.387. The molecule has 0 aliphatic carbocycles. The molecule has 3 rings (SSSR count). The summed E-state index contributed by atoms with van der Waals surface area (Å²) in [4.78, 5) is 23.5. The Kier molecular flexibility index (Phi) is 4.79. The number of halogens is 3. The first-order valence-corrected chi connectivity index (χ1v) is 7.84. The third kappa shape index (κ3) is 4.11. The maximum Gasteiger partial charge on any atom is 0.405 e. The summed E-state index contributed by atoms with van der Waals surface area (Å²) < 4.78 is 36.6. The molecule has 0 fully saturated rings. The summed E-state index contributed by atoms with van der Waals surface area (Å²) in [6, 6.07) is 8.04. The van der Waals surface area contributed by atoms with Crippen LogP contribution in [0.2, 0.25) is 0 Å². The fourth-order valence-corrected chi connectivity index (χ4v) is 2.48. The van der Waals surface area contributed by atoms with Crippen LogP contribution < -0.4 is 10.6 Å². The smallest absolute Gasteiger partial charge is 0.359 e. The minimum Gasteiger partial charge on any atom is -0.359 e. The standard InChI is InChI=1S/C17H16F3N5O/c1-10(16(26)23-9-17(18,19)20)24-14-4-2-3-13(25-14)11-5-7-21-15-12(11)6-8-22-15/h2-8,10H,9H2,1H3,(H,21,22)(H,23,26)(H,24,25)/t10-/m0/s1. The lowest BCUT2D eigenvalue weighted by Gasteiger charge is -2.16. The van der Waals surface area contributed by atoms with Crippen molar-refractivity contribution in [3.05, 3.63) is 42.7 Å². The third-order valence-electron chi connectivity index (χ3n) is 3.71. The van der Waals surface area contributed by atoms with E-state index in [0.717, 1.165) is 16.6 Å². The Morgan fingerprint density at radius 1 is 1.27 bits per heavy atom. The zero-order valence-electron chi connectivity index (χ0n) is 13.8.